The molecule has 0 amide bonds. The molecule has 0 unspecified atom stereocenters. The zero-order valence-corrected chi connectivity index (χ0v) is 14.3. The van der Waals surface area contributed by atoms with Crippen molar-refractivity contribution in [1.29, 1.82) is 0 Å². The fourth-order valence-electron chi connectivity index (χ4n) is 0.877. The first-order valence-electron chi connectivity index (χ1n) is 3.23. The molecule has 0 N–H and O–H groups in total. The minimum Gasteiger partial charge on any atom is -0.744 e. The molecule has 1 aromatic carbocycles. The molecule has 0 atom stereocenters. The first-order valence-corrected chi connectivity index (χ1v) is 4.64. The van der Waals surface area contributed by atoms with Gasteiger partial charge in [-0.1, -0.05) is 30.9 Å². The van der Waals surface area contributed by atoms with Gasteiger partial charge in [0.05, 0.1) is 4.90 Å². The maximum Gasteiger partial charge on any atom is 1.00 e. The molecule has 0 saturated carbocycles. The van der Waals surface area contributed by atoms with Crippen LogP contribution in [0, 0.1) is 0 Å². The second kappa shape index (κ2) is 5.72. The third-order valence-electron chi connectivity index (χ3n) is 1.41. The maximum absolute atomic E-state index is 10.6. The Bertz CT molecular complexity index is 398. The fraction of sp³-hybridized carbons (Fsp3) is 0. The van der Waals surface area contributed by atoms with Crippen molar-refractivity contribution in [1.82, 2.24) is 0 Å². The van der Waals surface area contributed by atoms with E-state index in [9.17, 15) is 13.0 Å². The quantitative estimate of drug-likeness (QED) is 0.608. The normalized spacial score (nSPS) is 10.2. The molecule has 0 fully saturated rings. The molecular formula is C8H7CsO3S. The molecule has 0 heterocycles. The Morgan fingerprint density at radius 2 is 1.85 bits per heavy atom. The fourth-order valence-corrected chi connectivity index (χ4v) is 1.56. The zero-order valence-electron chi connectivity index (χ0n) is 7.23. The van der Waals surface area contributed by atoms with Crippen LogP contribution in [0.3, 0.4) is 0 Å². The standard InChI is InChI=1S/C8H8O3S.Cs/c1-2-7-5-3-4-6-8(7)12(9,10)11;/h2-6H,1H2,(H,9,10,11);/q;+1/p-1. The first kappa shape index (κ1) is 13.9. The van der Waals surface area contributed by atoms with Crippen LogP contribution in [0.15, 0.2) is 35.7 Å². The van der Waals surface area contributed by atoms with E-state index in [1.165, 1.54) is 24.3 Å². The Morgan fingerprint density at radius 1 is 1.31 bits per heavy atom. The average molecular weight is 316 g/mol. The van der Waals surface area contributed by atoms with Crippen molar-refractivity contribution >= 4 is 16.2 Å². The summed E-state index contributed by atoms with van der Waals surface area (Å²) in [6, 6.07) is 5.93. The molecule has 1 aromatic rings. The number of benzene rings is 1. The minimum atomic E-state index is -4.37. The van der Waals surface area contributed by atoms with E-state index in [-0.39, 0.29) is 73.8 Å². The molecule has 0 bridgehead atoms. The van der Waals surface area contributed by atoms with E-state index < -0.39 is 10.1 Å². The van der Waals surface area contributed by atoms with Gasteiger partial charge in [-0.05, 0) is 11.6 Å². The first-order chi connectivity index (χ1) is 5.55. The van der Waals surface area contributed by atoms with Gasteiger partial charge in [0.25, 0.3) is 0 Å². The SMILES string of the molecule is C=Cc1ccccc1S(=O)(=O)[O-].[Cs+]. The van der Waals surface area contributed by atoms with Crippen LogP contribution < -0.4 is 68.9 Å². The molecule has 1 rings (SSSR count). The van der Waals surface area contributed by atoms with Gasteiger partial charge in [-0.15, -0.1) is 0 Å². The van der Waals surface area contributed by atoms with E-state index >= 15 is 0 Å². The molecular weight excluding hydrogens is 309 g/mol. The van der Waals surface area contributed by atoms with Gasteiger partial charge in [0.1, 0.15) is 10.1 Å². The van der Waals surface area contributed by atoms with Crippen LogP contribution in [0.4, 0.5) is 0 Å². The summed E-state index contributed by atoms with van der Waals surface area (Å²) in [4.78, 5) is -0.222. The Morgan fingerprint density at radius 3 is 2.23 bits per heavy atom. The van der Waals surface area contributed by atoms with Crippen molar-refractivity contribution in [2.24, 2.45) is 0 Å². The predicted octanol–water partition coefficient (Wildman–Crippen LogP) is -1.76. The Kier molecular flexibility index (Phi) is 6.12. The molecule has 0 radical (unpaired) electrons. The maximum atomic E-state index is 10.6. The van der Waals surface area contributed by atoms with Crippen molar-refractivity contribution in [2.75, 3.05) is 0 Å². The Hall–Kier alpha value is 0.922. The molecule has 0 spiro atoms. The number of rotatable bonds is 2. The molecule has 0 aliphatic heterocycles. The third kappa shape index (κ3) is 3.88. The van der Waals surface area contributed by atoms with E-state index in [4.69, 9.17) is 0 Å². The van der Waals surface area contributed by atoms with Crippen LogP contribution in [0.5, 0.6) is 0 Å². The van der Waals surface area contributed by atoms with Crippen LogP contribution in [0.25, 0.3) is 6.08 Å². The van der Waals surface area contributed by atoms with Gasteiger partial charge in [-0.3, -0.25) is 0 Å². The van der Waals surface area contributed by atoms with Crippen molar-refractivity contribution < 1.29 is 81.9 Å². The predicted molar refractivity (Wildman–Crippen MR) is 44.5 cm³/mol. The summed E-state index contributed by atoms with van der Waals surface area (Å²) in [6.45, 7) is 3.40. The van der Waals surface area contributed by atoms with E-state index in [2.05, 4.69) is 6.58 Å². The molecule has 0 aromatic heterocycles. The smallest absolute Gasteiger partial charge is 0.744 e. The Balaban J connectivity index is 0.00000144. The molecule has 0 saturated heterocycles. The summed E-state index contributed by atoms with van der Waals surface area (Å²) in [5.41, 5.74) is 0.340. The van der Waals surface area contributed by atoms with Gasteiger partial charge in [-0.2, -0.15) is 0 Å². The third-order valence-corrected chi connectivity index (χ3v) is 2.32. The molecule has 5 heteroatoms. The summed E-state index contributed by atoms with van der Waals surface area (Å²) in [5.74, 6) is 0. The number of hydrogen-bond acceptors (Lipinski definition) is 3. The molecule has 64 valence electrons. The average Bonchev–Trinajstić information content (AvgIpc) is 2.03. The summed E-state index contributed by atoms with van der Waals surface area (Å²) in [5, 5.41) is 0. The summed E-state index contributed by atoms with van der Waals surface area (Å²) in [7, 11) is -4.37. The number of hydrogen-bond donors (Lipinski definition) is 0. The van der Waals surface area contributed by atoms with Gasteiger partial charge in [0.2, 0.25) is 0 Å². The van der Waals surface area contributed by atoms with E-state index in [0.29, 0.717) is 5.56 Å². The topological polar surface area (TPSA) is 57.2 Å². The van der Waals surface area contributed by atoms with E-state index in [1.807, 2.05) is 0 Å². The minimum absolute atomic E-state index is 0. The van der Waals surface area contributed by atoms with Crippen LogP contribution in [0.1, 0.15) is 5.56 Å². The van der Waals surface area contributed by atoms with Crippen LogP contribution in [-0.4, -0.2) is 13.0 Å². The second-order valence-corrected chi connectivity index (χ2v) is 3.54. The van der Waals surface area contributed by atoms with Crippen molar-refractivity contribution in [3.05, 3.63) is 36.4 Å². The van der Waals surface area contributed by atoms with E-state index in [1.54, 1.807) is 6.07 Å². The van der Waals surface area contributed by atoms with Gasteiger partial charge < -0.3 is 4.55 Å². The van der Waals surface area contributed by atoms with Gasteiger partial charge >= 0.3 is 68.9 Å². The van der Waals surface area contributed by atoms with Gasteiger partial charge in [0.15, 0.2) is 0 Å². The summed E-state index contributed by atoms with van der Waals surface area (Å²) < 4.78 is 31.8. The van der Waals surface area contributed by atoms with Crippen molar-refractivity contribution in [3.63, 3.8) is 0 Å². The molecule has 3 nitrogen and oxygen atoms in total. The van der Waals surface area contributed by atoms with Crippen molar-refractivity contribution in [3.8, 4) is 0 Å². The Labute approximate surface area is 136 Å². The van der Waals surface area contributed by atoms with Crippen LogP contribution in [-0.2, 0) is 10.1 Å². The van der Waals surface area contributed by atoms with E-state index in [0.717, 1.165) is 0 Å². The zero-order chi connectivity index (χ0) is 9.19. The van der Waals surface area contributed by atoms with Crippen molar-refractivity contribution in [2.45, 2.75) is 4.90 Å². The van der Waals surface area contributed by atoms with Gasteiger partial charge in [0, 0.05) is 0 Å². The molecule has 0 aliphatic carbocycles. The second-order valence-electron chi connectivity index (χ2n) is 2.20. The van der Waals surface area contributed by atoms with Crippen LogP contribution >= 0.6 is 0 Å². The molecule has 0 aliphatic rings. The monoisotopic (exact) mass is 316 g/mol. The summed E-state index contributed by atoms with van der Waals surface area (Å²) in [6.07, 6.45) is 1.34. The van der Waals surface area contributed by atoms with Crippen LogP contribution in [0.2, 0.25) is 0 Å². The largest absolute Gasteiger partial charge is 1.00 e. The van der Waals surface area contributed by atoms with Gasteiger partial charge in [-0.25, -0.2) is 8.42 Å². The molecule has 13 heavy (non-hydrogen) atoms. The summed E-state index contributed by atoms with van der Waals surface area (Å²) >= 11 is 0.